The maximum absolute atomic E-state index is 5.20. The normalized spacial score (nSPS) is 11.7. The van der Waals surface area contributed by atoms with Gasteiger partial charge in [0.1, 0.15) is 0 Å². The predicted molar refractivity (Wildman–Crippen MR) is 57.3 cm³/mol. The summed E-state index contributed by atoms with van der Waals surface area (Å²) in [5, 5.41) is 3.97. The molecule has 3 heteroatoms. The first-order valence-electron chi connectivity index (χ1n) is 4.88. The van der Waals surface area contributed by atoms with Crippen LogP contribution in [0.15, 0.2) is 28.8 Å². The Bertz CT molecular complexity index is 440. The van der Waals surface area contributed by atoms with Gasteiger partial charge in [-0.2, -0.15) is 4.98 Å². The van der Waals surface area contributed by atoms with Crippen LogP contribution in [-0.2, 0) is 5.41 Å². The zero-order chi connectivity index (χ0) is 10.9. The van der Waals surface area contributed by atoms with Crippen molar-refractivity contribution in [1.29, 1.82) is 0 Å². The molecule has 0 saturated carbocycles. The Kier molecular flexibility index (Phi) is 2.31. The third kappa shape index (κ3) is 2.06. The van der Waals surface area contributed by atoms with Gasteiger partial charge < -0.3 is 4.52 Å². The minimum absolute atomic E-state index is 0.0807. The molecule has 0 aliphatic heterocycles. The Morgan fingerprint density at radius 3 is 2.40 bits per heavy atom. The summed E-state index contributed by atoms with van der Waals surface area (Å²) in [4.78, 5) is 4.36. The first-order chi connectivity index (χ1) is 7.07. The van der Waals surface area contributed by atoms with E-state index in [0.717, 1.165) is 11.4 Å². The molecular formula is C12H13N2O. The van der Waals surface area contributed by atoms with E-state index in [4.69, 9.17) is 4.52 Å². The Balaban J connectivity index is 2.37. The van der Waals surface area contributed by atoms with E-state index in [-0.39, 0.29) is 5.41 Å². The number of hydrogen-bond donors (Lipinski definition) is 0. The van der Waals surface area contributed by atoms with Crippen LogP contribution in [0.3, 0.4) is 0 Å². The van der Waals surface area contributed by atoms with E-state index in [1.807, 2.05) is 24.3 Å². The monoisotopic (exact) mass is 201 g/mol. The third-order valence-electron chi connectivity index (χ3n) is 2.06. The van der Waals surface area contributed by atoms with Crippen molar-refractivity contribution in [2.45, 2.75) is 26.2 Å². The molecule has 0 atom stereocenters. The third-order valence-corrected chi connectivity index (χ3v) is 2.06. The summed E-state index contributed by atoms with van der Waals surface area (Å²) in [6, 6.07) is 10.4. The molecule has 77 valence electrons. The smallest absolute Gasteiger partial charge is 0.257 e. The van der Waals surface area contributed by atoms with Gasteiger partial charge >= 0.3 is 0 Å². The van der Waals surface area contributed by atoms with Crippen LogP contribution >= 0.6 is 0 Å². The molecule has 0 spiro atoms. The molecule has 15 heavy (non-hydrogen) atoms. The number of hydrogen-bond acceptors (Lipinski definition) is 3. The Hall–Kier alpha value is -1.64. The fourth-order valence-electron chi connectivity index (χ4n) is 1.17. The van der Waals surface area contributed by atoms with Gasteiger partial charge in [0.15, 0.2) is 5.82 Å². The highest BCUT2D eigenvalue weighted by Crippen LogP contribution is 2.22. The van der Waals surface area contributed by atoms with Crippen molar-refractivity contribution >= 4 is 0 Å². The Labute approximate surface area is 89.1 Å². The molecule has 1 aromatic carbocycles. The van der Waals surface area contributed by atoms with Gasteiger partial charge in [-0.05, 0) is 18.2 Å². The molecule has 0 bridgehead atoms. The van der Waals surface area contributed by atoms with Crippen LogP contribution in [0.4, 0.5) is 0 Å². The fourth-order valence-corrected chi connectivity index (χ4v) is 1.17. The van der Waals surface area contributed by atoms with Crippen LogP contribution in [0.5, 0.6) is 0 Å². The molecule has 0 aliphatic carbocycles. The highest BCUT2D eigenvalue weighted by Gasteiger charge is 2.21. The van der Waals surface area contributed by atoms with E-state index >= 15 is 0 Å². The van der Waals surface area contributed by atoms with E-state index < -0.39 is 0 Å². The zero-order valence-electron chi connectivity index (χ0n) is 9.11. The average Bonchev–Trinajstić information content (AvgIpc) is 2.67. The lowest BCUT2D eigenvalue weighted by atomic mass is 9.96. The van der Waals surface area contributed by atoms with Gasteiger partial charge in [0.05, 0.1) is 0 Å². The summed E-state index contributed by atoms with van der Waals surface area (Å²) in [6.07, 6.45) is 0. The van der Waals surface area contributed by atoms with Crippen molar-refractivity contribution in [1.82, 2.24) is 10.1 Å². The maximum Gasteiger partial charge on any atom is 0.257 e. The molecule has 0 fully saturated rings. The van der Waals surface area contributed by atoms with Gasteiger partial charge in [0.2, 0.25) is 0 Å². The largest absolute Gasteiger partial charge is 0.334 e. The molecule has 1 aromatic heterocycles. The molecule has 3 nitrogen and oxygen atoms in total. The molecule has 0 aliphatic rings. The van der Waals surface area contributed by atoms with Gasteiger partial charge in [-0.25, -0.2) is 0 Å². The minimum Gasteiger partial charge on any atom is -0.334 e. The zero-order valence-corrected chi connectivity index (χ0v) is 9.11. The van der Waals surface area contributed by atoms with E-state index in [0.29, 0.717) is 5.89 Å². The van der Waals surface area contributed by atoms with Gasteiger partial charge in [-0.3, -0.25) is 0 Å². The van der Waals surface area contributed by atoms with Crippen LogP contribution < -0.4 is 0 Å². The van der Waals surface area contributed by atoms with Crippen molar-refractivity contribution in [2.75, 3.05) is 0 Å². The molecule has 2 aromatic rings. The van der Waals surface area contributed by atoms with Crippen LogP contribution in [-0.4, -0.2) is 10.1 Å². The summed E-state index contributed by atoms with van der Waals surface area (Å²) in [7, 11) is 0. The van der Waals surface area contributed by atoms with Gasteiger partial charge in [0, 0.05) is 11.0 Å². The molecule has 1 heterocycles. The number of rotatable bonds is 1. The van der Waals surface area contributed by atoms with Crippen LogP contribution in [0.2, 0.25) is 0 Å². The SMILES string of the molecule is CC(C)(C)c1noc(-c2cc[c]cc2)n1. The molecule has 1 radical (unpaired) electrons. The molecule has 0 N–H and O–H groups in total. The number of nitrogens with zero attached hydrogens (tertiary/aromatic N) is 2. The highest BCUT2D eigenvalue weighted by atomic mass is 16.5. The number of benzene rings is 1. The first-order valence-corrected chi connectivity index (χ1v) is 4.88. The van der Waals surface area contributed by atoms with Gasteiger partial charge in [-0.1, -0.05) is 38.1 Å². The predicted octanol–water partition coefficient (Wildman–Crippen LogP) is 2.83. The molecule has 0 unspecified atom stereocenters. The Morgan fingerprint density at radius 1 is 1.20 bits per heavy atom. The summed E-state index contributed by atoms with van der Waals surface area (Å²) in [5.74, 6) is 1.29. The number of aromatic nitrogens is 2. The highest BCUT2D eigenvalue weighted by molar-refractivity contribution is 5.51. The Morgan fingerprint density at radius 2 is 1.87 bits per heavy atom. The quantitative estimate of drug-likeness (QED) is 0.712. The van der Waals surface area contributed by atoms with Crippen molar-refractivity contribution in [3.05, 3.63) is 36.2 Å². The lowest BCUT2D eigenvalue weighted by Crippen LogP contribution is -2.13. The second-order valence-electron chi connectivity index (χ2n) is 4.46. The van der Waals surface area contributed by atoms with E-state index in [9.17, 15) is 0 Å². The second kappa shape index (κ2) is 3.50. The standard InChI is InChI=1S/C12H13N2O/c1-12(2,3)11-13-10(15-14-11)9-7-5-4-6-8-9/h5-8H,1-3H3. The summed E-state index contributed by atoms with van der Waals surface area (Å²) in [5.41, 5.74) is 0.847. The lowest BCUT2D eigenvalue weighted by Gasteiger charge is -2.10. The van der Waals surface area contributed by atoms with Crippen molar-refractivity contribution in [3.8, 4) is 11.5 Å². The fraction of sp³-hybridized carbons (Fsp3) is 0.333. The van der Waals surface area contributed by atoms with Crippen LogP contribution in [0.25, 0.3) is 11.5 Å². The summed E-state index contributed by atoms with van der Waals surface area (Å²) < 4.78 is 5.20. The minimum atomic E-state index is -0.0807. The molecule has 0 amide bonds. The summed E-state index contributed by atoms with van der Waals surface area (Å²) in [6.45, 7) is 6.17. The van der Waals surface area contributed by atoms with E-state index in [1.54, 1.807) is 0 Å². The van der Waals surface area contributed by atoms with E-state index in [1.165, 1.54) is 0 Å². The average molecular weight is 201 g/mol. The van der Waals surface area contributed by atoms with Crippen LogP contribution in [0, 0.1) is 6.07 Å². The maximum atomic E-state index is 5.20. The van der Waals surface area contributed by atoms with Gasteiger partial charge in [-0.15, -0.1) is 0 Å². The van der Waals surface area contributed by atoms with Crippen molar-refractivity contribution in [2.24, 2.45) is 0 Å². The topological polar surface area (TPSA) is 38.9 Å². The van der Waals surface area contributed by atoms with Crippen LogP contribution in [0.1, 0.15) is 26.6 Å². The van der Waals surface area contributed by atoms with E-state index in [2.05, 4.69) is 37.0 Å². The summed E-state index contributed by atoms with van der Waals surface area (Å²) >= 11 is 0. The van der Waals surface area contributed by atoms with Crippen molar-refractivity contribution < 1.29 is 4.52 Å². The molecule has 2 rings (SSSR count). The molecule has 0 saturated heterocycles. The lowest BCUT2D eigenvalue weighted by molar-refractivity contribution is 0.402. The molecular weight excluding hydrogens is 188 g/mol. The first kappa shape index (κ1) is 9.90. The van der Waals surface area contributed by atoms with Gasteiger partial charge in [0.25, 0.3) is 5.89 Å². The second-order valence-corrected chi connectivity index (χ2v) is 4.46. The van der Waals surface area contributed by atoms with Crippen molar-refractivity contribution in [3.63, 3.8) is 0 Å².